The molecule has 7 heteroatoms. The maximum Gasteiger partial charge on any atom is 0.163 e. The molecule has 0 saturated carbocycles. The Hall–Kier alpha value is -2.54. The van der Waals surface area contributed by atoms with Crippen molar-refractivity contribution in [2.45, 2.75) is 12.5 Å². The molecule has 1 saturated heterocycles. The van der Waals surface area contributed by atoms with Crippen molar-refractivity contribution in [3.8, 4) is 0 Å². The lowest BCUT2D eigenvalue weighted by molar-refractivity contribution is 0.00716. The van der Waals surface area contributed by atoms with Crippen molar-refractivity contribution in [2.75, 3.05) is 18.0 Å². The molecule has 0 bridgehead atoms. The molecule has 3 aromatic rings. The Morgan fingerprint density at radius 1 is 1.17 bits per heavy atom. The van der Waals surface area contributed by atoms with E-state index in [-0.39, 0.29) is 5.82 Å². The van der Waals surface area contributed by atoms with Gasteiger partial charge in [-0.05, 0) is 24.6 Å². The lowest BCUT2D eigenvalue weighted by Crippen LogP contribution is -2.60. The summed E-state index contributed by atoms with van der Waals surface area (Å²) in [7, 11) is 1.84. The second kappa shape index (κ2) is 4.73. The number of β-amino-alcohol motifs (C(OH)–C–C–N with tert-alkyl or cyclic N) is 1. The minimum Gasteiger partial charge on any atom is -0.381 e. The molecule has 0 spiro atoms. The topological polar surface area (TPSA) is 67.1 Å². The lowest BCUT2D eigenvalue weighted by atomic mass is 9.86. The number of aryl methyl sites for hydroxylation is 2. The van der Waals surface area contributed by atoms with Gasteiger partial charge in [0.05, 0.1) is 24.7 Å². The molecule has 1 fully saturated rings. The predicted octanol–water partition coefficient (Wildman–Crippen LogP) is 1.52. The molecule has 0 amide bonds. The van der Waals surface area contributed by atoms with Crippen LogP contribution in [0.3, 0.4) is 0 Å². The van der Waals surface area contributed by atoms with Crippen LogP contribution in [-0.2, 0) is 12.6 Å². The van der Waals surface area contributed by atoms with Gasteiger partial charge in [-0.2, -0.15) is 5.10 Å². The first kappa shape index (κ1) is 14.1. The van der Waals surface area contributed by atoms with Gasteiger partial charge in [0.25, 0.3) is 0 Å². The van der Waals surface area contributed by atoms with Crippen molar-refractivity contribution in [2.24, 2.45) is 7.05 Å². The quantitative estimate of drug-likeness (QED) is 0.777. The molecule has 0 radical (unpaired) electrons. The van der Waals surface area contributed by atoms with Gasteiger partial charge >= 0.3 is 0 Å². The van der Waals surface area contributed by atoms with E-state index in [4.69, 9.17) is 0 Å². The van der Waals surface area contributed by atoms with E-state index in [0.29, 0.717) is 24.5 Å². The normalized spacial score (nSPS) is 16.6. The van der Waals surface area contributed by atoms with Crippen molar-refractivity contribution in [3.05, 3.63) is 47.7 Å². The summed E-state index contributed by atoms with van der Waals surface area (Å²) in [6, 6.07) is 5.98. The van der Waals surface area contributed by atoms with E-state index in [0.717, 1.165) is 16.9 Å². The van der Waals surface area contributed by atoms with Crippen molar-refractivity contribution in [1.82, 2.24) is 19.7 Å². The fourth-order valence-corrected chi connectivity index (χ4v) is 3.03. The van der Waals surface area contributed by atoms with Crippen LogP contribution in [0.15, 0.2) is 30.5 Å². The number of hydrogen-bond donors (Lipinski definition) is 1. The second-order valence-electron chi connectivity index (χ2n) is 5.99. The third-order valence-corrected chi connectivity index (χ3v) is 4.27. The number of benzene rings is 1. The van der Waals surface area contributed by atoms with Crippen LogP contribution < -0.4 is 4.90 Å². The van der Waals surface area contributed by atoms with Crippen LogP contribution in [0.1, 0.15) is 11.4 Å². The van der Waals surface area contributed by atoms with Gasteiger partial charge in [0, 0.05) is 7.05 Å². The van der Waals surface area contributed by atoms with Crippen LogP contribution in [0.4, 0.5) is 10.2 Å². The van der Waals surface area contributed by atoms with E-state index >= 15 is 0 Å². The molecule has 1 N–H and O–H groups in total. The number of hydrogen-bond acceptors (Lipinski definition) is 5. The monoisotopic (exact) mass is 313 g/mol. The molecule has 0 atom stereocenters. The van der Waals surface area contributed by atoms with Crippen molar-refractivity contribution in [1.29, 1.82) is 0 Å². The average Bonchev–Trinajstić information content (AvgIpc) is 2.85. The number of fused-ring (bicyclic) bond motifs is 1. The smallest absolute Gasteiger partial charge is 0.163 e. The first-order chi connectivity index (χ1) is 11.0. The summed E-state index contributed by atoms with van der Waals surface area (Å²) in [5.41, 5.74) is 0.495. The number of aliphatic hydroxyl groups is 1. The molecule has 0 aliphatic carbocycles. The maximum absolute atomic E-state index is 13.0. The van der Waals surface area contributed by atoms with Gasteiger partial charge in [-0.3, -0.25) is 4.68 Å². The Kier molecular flexibility index (Phi) is 2.89. The van der Waals surface area contributed by atoms with Crippen molar-refractivity contribution >= 4 is 16.9 Å². The standard InChI is InChI=1S/C16H16FN5O/c1-10-19-14-13(7-18-21(14)2)15(20-10)22-8-16(23,9-22)11-3-5-12(17)6-4-11/h3-7,23H,8-9H2,1-2H3. The molecule has 3 heterocycles. The first-order valence-corrected chi connectivity index (χ1v) is 7.36. The lowest BCUT2D eigenvalue weighted by Gasteiger charge is -2.47. The van der Waals surface area contributed by atoms with E-state index in [9.17, 15) is 9.50 Å². The highest BCUT2D eigenvalue weighted by molar-refractivity contribution is 5.87. The van der Waals surface area contributed by atoms with Gasteiger partial charge in [-0.1, -0.05) is 12.1 Å². The van der Waals surface area contributed by atoms with Crippen molar-refractivity contribution in [3.63, 3.8) is 0 Å². The van der Waals surface area contributed by atoms with Crippen LogP contribution in [0.25, 0.3) is 11.0 Å². The van der Waals surface area contributed by atoms with Crippen molar-refractivity contribution < 1.29 is 9.50 Å². The van der Waals surface area contributed by atoms with E-state index in [1.54, 1.807) is 23.0 Å². The van der Waals surface area contributed by atoms with Gasteiger partial charge in [0.1, 0.15) is 23.1 Å². The Morgan fingerprint density at radius 2 is 1.87 bits per heavy atom. The number of aromatic nitrogens is 4. The average molecular weight is 313 g/mol. The van der Waals surface area contributed by atoms with E-state index in [1.807, 2.05) is 18.9 Å². The Labute approximate surface area is 132 Å². The second-order valence-corrected chi connectivity index (χ2v) is 5.99. The van der Waals surface area contributed by atoms with Gasteiger partial charge in [0.15, 0.2) is 5.65 Å². The number of anilines is 1. The van der Waals surface area contributed by atoms with Crippen LogP contribution >= 0.6 is 0 Å². The fraction of sp³-hybridized carbons (Fsp3) is 0.312. The summed E-state index contributed by atoms with van der Waals surface area (Å²) >= 11 is 0. The highest BCUT2D eigenvalue weighted by Gasteiger charge is 2.44. The fourth-order valence-electron chi connectivity index (χ4n) is 3.03. The van der Waals surface area contributed by atoms with Crippen LogP contribution in [0, 0.1) is 12.7 Å². The molecule has 2 aromatic heterocycles. The maximum atomic E-state index is 13.0. The summed E-state index contributed by atoms with van der Waals surface area (Å²) in [5, 5.41) is 15.8. The summed E-state index contributed by atoms with van der Waals surface area (Å²) < 4.78 is 14.7. The molecule has 118 valence electrons. The summed E-state index contributed by atoms with van der Waals surface area (Å²) in [4.78, 5) is 10.9. The van der Waals surface area contributed by atoms with E-state index in [1.165, 1.54) is 12.1 Å². The first-order valence-electron chi connectivity index (χ1n) is 7.36. The summed E-state index contributed by atoms with van der Waals surface area (Å²) in [6.07, 6.45) is 1.74. The molecule has 1 aromatic carbocycles. The number of rotatable bonds is 2. The zero-order chi connectivity index (χ0) is 16.2. The Balaban J connectivity index is 1.66. The Bertz CT molecular complexity index is 883. The molecular weight excluding hydrogens is 297 g/mol. The van der Waals surface area contributed by atoms with Gasteiger partial charge in [-0.25, -0.2) is 14.4 Å². The highest BCUT2D eigenvalue weighted by atomic mass is 19.1. The largest absolute Gasteiger partial charge is 0.381 e. The molecule has 1 aliphatic heterocycles. The Morgan fingerprint density at radius 3 is 2.57 bits per heavy atom. The van der Waals surface area contributed by atoms with Crippen LogP contribution in [-0.4, -0.2) is 37.9 Å². The third-order valence-electron chi connectivity index (χ3n) is 4.27. The SMILES string of the molecule is Cc1nc(N2CC(O)(c3ccc(F)cc3)C2)c2cnn(C)c2n1. The van der Waals surface area contributed by atoms with Gasteiger partial charge in [0.2, 0.25) is 0 Å². The van der Waals surface area contributed by atoms with Crippen LogP contribution in [0.2, 0.25) is 0 Å². The molecule has 23 heavy (non-hydrogen) atoms. The minimum absolute atomic E-state index is 0.308. The molecule has 1 aliphatic rings. The zero-order valence-electron chi connectivity index (χ0n) is 12.9. The summed E-state index contributed by atoms with van der Waals surface area (Å²) in [5.74, 6) is 1.12. The molecule has 0 unspecified atom stereocenters. The molecule has 6 nitrogen and oxygen atoms in total. The van der Waals surface area contributed by atoms with Crippen LogP contribution in [0.5, 0.6) is 0 Å². The predicted molar refractivity (Wildman–Crippen MR) is 83.6 cm³/mol. The third kappa shape index (κ3) is 2.16. The van der Waals surface area contributed by atoms with E-state index < -0.39 is 5.60 Å². The van der Waals surface area contributed by atoms with Gasteiger partial charge < -0.3 is 10.0 Å². The van der Waals surface area contributed by atoms with E-state index in [2.05, 4.69) is 15.1 Å². The highest BCUT2D eigenvalue weighted by Crippen LogP contribution is 2.37. The number of halogens is 1. The zero-order valence-corrected chi connectivity index (χ0v) is 12.9. The molecule has 4 rings (SSSR count). The summed E-state index contributed by atoms with van der Waals surface area (Å²) in [6.45, 7) is 2.64. The van der Waals surface area contributed by atoms with Gasteiger partial charge in [-0.15, -0.1) is 0 Å². The minimum atomic E-state index is -0.985. The number of nitrogens with zero attached hydrogens (tertiary/aromatic N) is 5. The molecular formula is C16H16FN5O.